The summed E-state index contributed by atoms with van der Waals surface area (Å²) < 4.78 is 3.07. The number of benzene rings is 2. The number of halogens is 7. The summed E-state index contributed by atoms with van der Waals surface area (Å²) in [4.78, 5) is 24.7. The molecule has 0 aliphatic carbocycles. The number of nitrogens with one attached hydrogen (secondary N) is 1. The maximum absolute atomic E-state index is 12.5. The zero-order chi connectivity index (χ0) is 21.1. The van der Waals surface area contributed by atoms with Crippen LogP contribution in [0.25, 0.3) is 0 Å². The lowest BCUT2D eigenvalue weighted by atomic mass is 10.1. The molecule has 0 radical (unpaired) electrons. The molecule has 0 spiro atoms. The monoisotopic (exact) mass is 521 g/mol. The average molecular weight is 524 g/mol. The van der Waals surface area contributed by atoms with Crippen molar-refractivity contribution in [2.24, 2.45) is 0 Å². The summed E-state index contributed by atoms with van der Waals surface area (Å²) in [5.74, 6) is -0.500. The number of hydrogen-bond acceptors (Lipinski definition) is 3. The maximum atomic E-state index is 12.5. The van der Waals surface area contributed by atoms with Crippen LogP contribution in [0.1, 0.15) is 16.8 Å². The van der Waals surface area contributed by atoms with E-state index in [1.165, 1.54) is 36.4 Å². The van der Waals surface area contributed by atoms with Crippen LogP contribution in [0, 0.1) is 0 Å². The first kappa shape index (κ1) is 23.7. The zero-order valence-corrected chi connectivity index (χ0v) is 18.9. The van der Waals surface area contributed by atoms with Crippen LogP contribution in [-0.2, 0) is 4.74 Å². The highest BCUT2D eigenvalue weighted by Gasteiger charge is 2.38. The van der Waals surface area contributed by atoms with Crippen molar-refractivity contribution < 1.29 is 14.3 Å². The Kier molecular flexibility index (Phi) is 8.41. The number of hydrogen-bond donors (Lipinski definition) is 1. The minimum atomic E-state index is -2.07. The molecule has 0 saturated heterocycles. The van der Waals surface area contributed by atoms with E-state index in [-0.39, 0.29) is 15.6 Å². The number of carbonyl (C=O) groups excluding carboxylic acids is 2. The second-order valence-corrected chi connectivity index (χ2v) is 9.47. The van der Waals surface area contributed by atoms with Gasteiger partial charge >= 0.3 is 6.09 Å². The number of anilines is 1. The molecule has 150 valence electrons. The minimum absolute atomic E-state index is 0.126. The Morgan fingerprint density at radius 3 is 2.18 bits per heavy atom. The van der Waals surface area contributed by atoms with Crippen molar-refractivity contribution in [3.8, 4) is 0 Å². The first-order valence-electron chi connectivity index (χ1n) is 7.45. The van der Waals surface area contributed by atoms with Gasteiger partial charge in [0.25, 0.3) is 0 Å². The van der Waals surface area contributed by atoms with Gasteiger partial charge in [0.2, 0.25) is 3.79 Å². The summed E-state index contributed by atoms with van der Waals surface area (Å²) in [6.07, 6.45) is -2.77. The Morgan fingerprint density at radius 2 is 1.61 bits per heavy atom. The van der Waals surface area contributed by atoms with E-state index >= 15 is 0 Å². The molecule has 1 N–H and O–H groups in total. The van der Waals surface area contributed by atoms with Gasteiger partial charge in [-0.05, 0) is 36.4 Å². The minimum Gasteiger partial charge on any atom is -0.441 e. The molecule has 4 nitrogen and oxygen atoms in total. The van der Waals surface area contributed by atoms with E-state index in [2.05, 4.69) is 5.32 Å². The molecule has 28 heavy (non-hydrogen) atoms. The van der Waals surface area contributed by atoms with E-state index in [4.69, 9.17) is 85.9 Å². The van der Waals surface area contributed by atoms with Crippen molar-refractivity contribution in [1.82, 2.24) is 0 Å². The number of carbonyl (C=O) groups is 2. The number of ether oxygens (including phenoxy) is 1. The Morgan fingerprint density at radius 1 is 0.929 bits per heavy atom. The largest absolute Gasteiger partial charge is 0.441 e. The Labute approximate surface area is 195 Å². The summed E-state index contributed by atoms with van der Waals surface area (Å²) in [5.41, 5.74) is 0.452. The molecule has 0 fully saturated rings. The van der Waals surface area contributed by atoms with Crippen molar-refractivity contribution in [2.45, 2.75) is 16.3 Å². The van der Waals surface area contributed by atoms with Crippen molar-refractivity contribution in [1.29, 1.82) is 0 Å². The van der Waals surface area contributed by atoms with Gasteiger partial charge in [0, 0.05) is 16.3 Å². The average Bonchev–Trinajstić information content (AvgIpc) is 2.56. The first-order valence-corrected chi connectivity index (χ1v) is 10.1. The molecule has 1 amide bonds. The molecule has 0 unspecified atom stereocenters. The molecule has 2 aromatic rings. The molecular formula is C17H10Cl7NO3. The Balaban J connectivity index is 2.11. The van der Waals surface area contributed by atoms with E-state index in [9.17, 15) is 9.59 Å². The third kappa shape index (κ3) is 6.74. The molecule has 0 heterocycles. The highest BCUT2D eigenvalue weighted by atomic mass is 35.6. The van der Waals surface area contributed by atoms with E-state index < -0.39 is 28.2 Å². The topological polar surface area (TPSA) is 55.4 Å². The van der Waals surface area contributed by atoms with E-state index in [1.54, 1.807) is 0 Å². The zero-order valence-electron chi connectivity index (χ0n) is 13.6. The van der Waals surface area contributed by atoms with Gasteiger partial charge in [-0.1, -0.05) is 81.2 Å². The van der Waals surface area contributed by atoms with Gasteiger partial charge in [0.1, 0.15) is 0 Å². The molecule has 2 rings (SSSR count). The predicted molar refractivity (Wildman–Crippen MR) is 116 cm³/mol. The van der Waals surface area contributed by atoms with Crippen molar-refractivity contribution in [3.05, 3.63) is 62.1 Å². The van der Waals surface area contributed by atoms with Crippen LogP contribution >= 0.6 is 81.2 Å². The number of ketones is 1. The molecule has 0 aliphatic heterocycles. The third-order valence-electron chi connectivity index (χ3n) is 3.38. The smallest absolute Gasteiger partial charge is 0.412 e. The predicted octanol–water partition coefficient (Wildman–Crippen LogP) is 7.86. The fraction of sp³-hybridized carbons (Fsp3) is 0.176. The first-order chi connectivity index (χ1) is 13.0. The van der Waals surface area contributed by atoms with Gasteiger partial charge in [-0.15, -0.1) is 0 Å². The van der Waals surface area contributed by atoms with Crippen LogP contribution in [0.4, 0.5) is 10.5 Å². The van der Waals surface area contributed by atoms with Gasteiger partial charge in [-0.2, -0.15) is 0 Å². The molecule has 2 aromatic carbocycles. The van der Waals surface area contributed by atoms with E-state index in [0.29, 0.717) is 15.7 Å². The van der Waals surface area contributed by atoms with Crippen LogP contribution in [0.15, 0.2) is 36.4 Å². The molecule has 0 aliphatic rings. The SMILES string of the molecule is O=C(Nc1ccc(Cl)c(Cl)c1)O[C@@H](CC(=O)c1ccc(Cl)cc1Cl)C(Cl)(Cl)Cl. The van der Waals surface area contributed by atoms with E-state index in [1.807, 2.05) is 0 Å². The summed E-state index contributed by atoms with van der Waals surface area (Å²) in [6, 6.07) is 8.71. The Hall–Kier alpha value is -0.590. The van der Waals surface area contributed by atoms with Crippen molar-refractivity contribution in [2.75, 3.05) is 5.32 Å². The van der Waals surface area contributed by atoms with E-state index in [0.717, 1.165) is 0 Å². The lowest BCUT2D eigenvalue weighted by Crippen LogP contribution is -2.35. The van der Waals surface area contributed by atoms with Gasteiger partial charge in [0.15, 0.2) is 11.9 Å². The highest BCUT2D eigenvalue weighted by Crippen LogP contribution is 2.36. The van der Waals surface area contributed by atoms with Gasteiger partial charge in [-0.3, -0.25) is 10.1 Å². The lowest BCUT2D eigenvalue weighted by molar-refractivity contribution is 0.0812. The van der Waals surface area contributed by atoms with Crippen molar-refractivity contribution >= 4 is 98.8 Å². The highest BCUT2D eigenvalue weighted by molar-refractivity contribution is 6.68. The number of alkyl halides is 3. The fourth-order valence-electron chi connectivity index (χ4n) is 2.07. The summed E-state index contributed by atoms with van der Waals surface area (Å²) in [6.45, 7) is 0. The molecule has 11 heteroatoms. The molecule has 0 aromatic heterocycles. The van der Waals surface area contributed by atoms with Crippen LogP contribution in [-0.4, -0.2) is 21.8 Å². The molecule has 0 saturated carbocycles. The van der Waals surface area contributed by atoms with Gasteiger partial charge < -0.3 is 4.74 Å². The van der Waals surface area contributed by atoms with Gasteiger partial charge in [0.05, 0.1) is 21.5 Å². The second-order valence-electron chi connectivity index (χ2n) is 5.44. The normalized spacial score (nSPS) is 12.4. The number of rotatable bonds is 5. The molecule has 1 atom stereocenters. The van der Waals surface area contributed by atoms with Crippen LogP contribution in [0.5, 0.6) is 0 Å². The number of amides is 1. The fourth-order valence-corrected chi connectivity index (χ4v) is 3.25. The lowest BCUT2D eigenvalue weighted by Gasteiger charge is -2.24. The summed E-state index contributed by atoms with van der Waals surface area (Å²) >= 11 is 41.1. The molecule has 0 bridgehead atoms. The molecular weight excluding hydrogens is 514 g/mol. The van der Waals surface area contributed by atoms with Gasteiger partial charge in [-0.25, -0.2) is 4.79 Å². The summed E-state index contributed by atoms with van der Waals surface area (Å²) in [5, 5.41) is 3.43. The Bertz CT molecular complexity index is 899. The summed E-state index contributed by atoms with van der Waals surface area (Å²) in [7, 11) is 0. The second kappa shape index (κ2) is 9.94. The third-order valence-corrected chi connectivity index (χ3v) is 5.40. The van der Waals surface area contributed by atoms with Crippen LogP contribution in [0.3, 0.4) is 0 Å². The van der Waals surface area contributed by atoms with Crippen molar-refractivity contribution in [3.63, 3.8) is 0 Å². The maximum Gasteiger partial charge on any atom is 0.412 e. The number of Topliss-reactive ketones (excluding diaryl/α,β-unsaturated/α-hetero) is 1. The quantitative estimate of drug-likeness (QED) is 0.320. The standard InChI is InChI=1S/C17H10Cl7NO3/c18-8-1-3-10(12(20)5-8)14(26)7-15(17(22,23)24)28-16(27)25-9-2-4-11(19)13(21)6-9/h1-6,15H,7H2,(H,25,27)/t15-/m0/s1. The van der Waals surface area contributed by atoms with Crippen LogP contribution in [0.2, 0.25) is 20.1 Å². The van der Waals surface area contributed by atoms with Crippen LogP contribution < -0.4 is 5.32 Å².